The number of ether oxygens (including phenoxy) is 2. The van der Waals surface area contributed by atoms with Crippen LogP contribution in [0.3, 0.4) is 0 Å². The first-order chi connectivity index (χ1) is 11.5. The summed E-state index contributed by atoms with van der Waals surface area (Å²) in [5.74, 6) is -0.336. The lowest BCUT2D eigenvalue weighted by atomic mass is 9.86. The van der Waals surface area contributed by atoms with Gasteiger partial charge in [-0.25, -0.2) is 0 Å². The Morgan fingerprint density at radius 2 is 1.80 bits per heavy atom. The van der Waals surface area contributed by atoms with Crippen molar-refractivity contribution in [1.82, 2.24) is 4.90 Å². The SMILES string of the molecule is CC(C)(C)OCN1CCCC(O)(c2ccccc2OC(F)(F)F)CC1. The third-order valence-corrected chi connectivity index (χ3v) is 4.20. The van der Waals surface area contributed by atoms with E-state index in [0.29, 0.717) is 32.5 Å². The zero-order valence-electron chi connectivity index (χ0n) is 14.9. The van der Waals surface area contributed by atoms with Gasteiger partial charge in [-0.3, -0.25) is 4.90 Å². The molecule has 1 fully saturated rings. The van der Waals surface area contributed by atoms with Crippen LogP contribution in [0, 0.1) is 0 Å². The van der Waals surface area contributed by atoms with E-state index in [1.807, 2.05) is 20.8 Å². The Kier molecular flexibility index (Phi) is 6.01. The van der Waals surface area contributed by atoms with Gasteiger partial charge in [0.15, 0.2) is 0 Å². The molecule has 25 heavy (non-hydrogen) atoms. The second-order valence-electron chi connectivity index (χ2n) is 7.43. The van der Waals surface area contributed by atoms with Gasteiger partial charge < -0.3 is 14.6 Å². The number of rotatable bonds is 4. The van der Waals surface area contributed by atoms with Crippen LogP contribution in [0.25, 0.3) is 0 Å². The number of aliphatic hydroxyl groups is 1. The third kappa shape index (κ3) is 6.17. The van der Waals surface area contributed by atoms with E-state index in [4.69, 9.17) is 4.74 Å². The van der Waals surface area contributed by atoms with E-state index >= 15 is 0 Å². The molecule has 4 nitrogen and oxygen atoms in total. The molecule has 1 N–H and O–H groups in total. The summed E-state index contributed by atoms with van der Waals surface area (Å²) in [5, 5.41) is 11.0. The lowest BCUT2D eigenvalue weighted by Crippen LogP contribution is -2.34. The van der Waals surface area contributed by atoms with Gasteiger partial charge in [-0.2, -0.15) is 0 Å². The highest BCUT2D eigenvalue weighted by Crippen LogP contribution is 2.39. The first-order valence-electron chi connectivity index (χ1n) is 8.42. The maximum absolute atomic E-state index is 12.6. The van der Waals surface area contributed by atoms with Crippen molar-refractivity contribution in [3.8, 4) is 5.75 Å². The maximum atomic E-state index is 12.6. The summed E-state index contributed by atoms with van der Waals surface area (Å²) in [6, 6.07) is 5.82. The summed E-state index contributed by atoms with van der Waals surface area (Å²) in [4.78, 5) is 2.07. The molecule has 1 aliphatic heterocycles. The molecule has 0 bridgehead atoms. The molecule has 1 aromatic rings. The zero-order chi connectivity index (χ0) is 18.7. The van der Waals surface area contributed by atoms with Crippen LogP contribution in [-0.4, -0.2) is 41.8 Å². The second-order valence-corrected chi connectivity index (χ2v) is 7.43. The number of halogens is 3. The maximum Gasteiger partial charge on any atom is 0.573 e. The summed E-state index contributed by atoms with van der Waals surface area (Å²) in [6.07, 6.45) is -3.44. The molecule has 0 saturated carbocycles. The number of hydrogen-bond acceptors (Lipinski definition) is 4. The molecular weight excluding hydrogens is 335 g/mol. The molecule has 0 amide bonds. The summed E-state index contributed by atoms with van der Waals surface area (Å²) in [7, 11) is 0. The highest BCUT2D eigenvalue weighted by molar-refractivity contribution is 5.38. The van der Waals surface area contributed by atoms with Crippen molar-refractivity contribution in [2.24, 2.45) is 0 Å². The number of likely N-dealkylation sites (tertiary alicyclic amines) is 1. The van der Waals surface area contributed by atoms with Gasteiger partial charge >= 0.3 is 6.36 Å². The van der Waals surface area contributed by atoms with Gasteiger partial charge in [-0.1, -0.05) is 18.2 Å². The van der Waals surface area contributed by atoms with Crippen LogP contribution >= 0.6 is 0 Å². The molecule has 1 heterocycles. The van der Waals surface area contributed by atoms with Crippen molar-refractivity contribution >= 4 is 0 Å². The Balaban J connectivity index is 2.12. The lowest BCUT2D eigenvalue weighted by Gasteiger charge is -2.30. The van der Waals surface area contributed by atoms with Crippen molar-refractivity contribution in [2.45, 2.75) is 57.6 Å². The minimum atomic E-state index is -4.79. The van der Waals surface area contributed by atoms with E-state index in [9.17, 15) is 18.3 Å². The lowest BCUT2D eigenvalue weighted by molar-refractivity contribution is -0.275. The van der Waals surface area contributed by atoms with E-state index in [2.05, 4.69) is 9.64 Å². The number of benzene rings is 1. The summed E-state index contributed by atoms with van der Waals surface area (Å²) in [6.45, 7) is 7.58. The van der Waals surface area contributed by atoms with Crippen LogP contribution < -0.4 is 4.74 Å². The standard InChI is InChI=1S/C18H26F3NO3/c1-16(2,3)24-13-22-11-6-9-17(23,10-12-22)14-7-4-5-8-15(14)25-18(19,20)21/h4-5,7-8,23H,6,9-13H2,1-3H3. The van der Waals surface area contributed by atoms with Gasteiger partial charge in [0.1, 0.15) is 5.75 Å². The quantitative estimate of drug-likeness (QED) is 0.879. The molecule has 1 atom stereocenters. The predicted molar refractivity (Wildman–Crippen MR) is 88.2 cm³/mol. The molecular formula is C18H26F3NO3. The minimum absolute atomic E-state index is 0.186. The fraction of sp³-hybridized carbons (Fsp3) is 0.667. The number of hydrogen-bond donors (Lipinski definition) is 1. The van der Waals surface area contributed by atoms with Crippen LogP contribution in [0.5, 0.6) is 5.75 Å². The van der Waals surface area contributed by atoms with E-state index in [0.717, 1.165) is 6.54 Å². The number of para-hydroxylation sites is 1. The molecule has 1 saturated heterocycles. The van der Waals surface area contributed by atoms with Crippen molar-refractivity contribution in [2.75, 3.05) is 19.8 Å². The average molecular weight is 361 g/mol. The molecule has 1 unspecified atom stereocenters. The van der Waals surface area contributed by atoms with Gasteiger partial charge in [-0.05, 0) is 46.1 Å². The van der Waals surface area contributed by atoms with Crippen molar-refractivity contribution in [1.29, 1.82) is 0 Å². The number of alkyl halides is 3. The molecule has 142 valence electrons. The fourth-order valence-corrected chi connectivity index (χ4v) is 2.92. The normalized spacial score (nSPS) is 23.3. The third-order valence-electron chi connectivity index (χ3n) is 4.20. The van der Waals surface area contributed by atoms with E-state index < -0.39 is 12.0 Å². The van der Waals surface area contributed by atoms with Crippen LogP contribution in [0.1, 0.15) is 45.6 Å². The molecule has 0 aromatic heterocycles. The Labute approximate surface area is 146 Å². The topological polar surface area (TPSA) is 41.9 Å². The molecule has 0 spiro atoms. The molecule has 7 heteroatoms. The van der Waals surface area contributed by atoms with E-state index in [-0.39, 0.29) is 16.9 Å². The summed E-state index contributed by atoms with van der Waals surface area (Å²) in [5.41, 5.74) is -1.43. The van der Waals surface area contributed by atoms with Gasteiger partial charge in [0.25, 0.3) is 0 Å². The molecule has 2 rings (SSSR count). The Morgan fingerprint density at radius 1 is 1.12 bits per heavy atom. The van der Waals surface area contributed by atoms with Crippen molar-refractivity contribution < 1.29 is 27.8 Å². The summed E-state index contributed by atoms with van der Waals surface area (Å²) < 4.78 is 47.8. The summed E-state index contributed by atoms with van der Waals surface area (Å²) >= 11 is 0. The molecule has 1 aromatic carbocycles. The monoisotopic (exact) mass is 361 g/mol. The first kappa shape index (κ1) is 20.0. The Morgan fingerprint density at radius 3 is 2.44 bits per heavy atom. The highest BCUT2D eigenvalue weighted by Gasteiger charge is 2.38. The van der Waals surface area contributed by atoms with Crippen LogP contribution in [0.2, 0.25) is 0 Å². The Hall–Kier alpha value is -1.31. The van der Waals surface area contributed by atoms with Crippen LogP contribution in [-0.2, 0) is 10.3 Å². The van der Waals surface area contributed by atoms with Gasteiger partial charge in [0, 0.05) is 18.7 Å². The van der Waals surface area contributed by atoms with Gasteiger partial charge in [-0.15, -0.1) is 13.2 Å². The average Bonchev–Trinajstić information content (AvgIpc) is 2.66. The Bertz CT molecular complexity index is 571. The molecule has 0 radical (unpaired) electrons. The molecule has 1 aliphatic rings. The largest absolute Gasteiger partial charge is 0.573 e. The first-order valence-corrected chi connectivity index (χ1v) is 8.42. The van der Waals surface area contributed by atoms with Crippen molar-refractivity contribution in [3.05, 3.63) is 29.8 Å². The van der Waals surface area contributed by atoms with Gasteiger partial charge in [0.2, 0.25) is 0 Å². The zero-order valence-corrected chi connectivity index (χ0v) is 14.9. The highest BCUT2D eigenvalue weighted by atomic mass is 19.4. The smallest absolute Gasteiger partial charge is 0.405 e. The number of nitrogens with zero attached hydrogens (tertiary/aromatic N) is 1. The predicted octanol–water partition coefficient (Wildman–Crippen LogP) is 4.03. The van der Waals surface area contributed by atoms with Gasteiger partial charge in [0.05, 0.1) is 17.9 Å². The van der Waals surface area contributed by atoms with E-state index in [1.165, 1.54) is 18.2 Å². The van der Waals surface area contributed by atoms with Crippen LogP contribution in [0.4, 0.5) is 13.2 Å². The van der Waals surface area contributed by atoms with Crippen LogP contribution in [0.15, 0.2) is 24.3 Å². The fourth-order valence-electron chi connectivity index (χ4n) is 2.92. The van der Waals surface area contributed by atoms with E-state index in [1.54, 1.807) is 6.07 Å². The molecule has 0 aliphatic carbocycles. The second kappa shape index (κ2) is 7.51. The van der Waals surface area contributed by atoms with Crippen molar-refractivity contribution in [3.63, 3.8) is 0 Å². The minimum Gasteiger partial charge on any atom is -0.405 e.